The van der Waals surface area contributed by atoms with E-state index in [1.54, 1.807) is 35.2 Å². The number of benzene rings is 3. The Morgan fingerprint density at radius 1 is 1.11 bits per heavy atom. The largest absolute Gasteiger partial charge is 0.507 e. The van der Waals surface area contributed by atoms with Gasteiger partial charge < -0.3 is 19.5 Å². The standard InChI is InChI=1S/C31H29NO5/c1-3-17-36-25-12-9-22(10-13-25)28-27(29(33)23-11-14-26-24(19-23)18-20(2)37-26)30(34)31(35)32(28)16-15-21-7-5-4-6-8-21/h3-14,19-20,28,33H,1,15-18H2,2H3/b29-27+. The number of carbonyl (C=O) groups excluding carboxylic acids is 2. The molecule has 3 aromatic carbocycles. The van der Waals surface area contributed by atoms with E-state index in [1.807, 2.05) is 55.5 Å². The van der Waals surface area contributed by atoms with E-state index in [0.29, 0.717) is 30.9 Å². The van der Waals surface area contributed by atoms with Crippen LogP contribution in [0.1, 0.15) is 35.2 Å². The van der Waals surface area contributed by atoms with Crippen LogP contribution in [0.5, 0.6) is 11.5 Å². The first-order valence-electron chi connectivity index (χ1n) is 12.4. The Balaban J connectivity index is 1.54. The lowest BCUT2D eigenvalue weighted by Gasteiger charge is -2.25. The number of carbonyl (C=O) groups is 2. The van der Waals surface area contributed by atoms with Crippen LogP contribution in [0.15, 0.2) is 91.0 Å². The molecule has 6 nitrogen and oxygen atoms in total. The van der Waals surface area contributed by atoms with Crippen LogP contribution in [0.3, 0.4) is 0 Å². The average Bonchev–Trinajstić information content (AvgIpc) is 3.42. The maximum Gasteiger partial charge on any atom is 0.295 e. The van der Waals surface area contributed by atoms with Crippen molar-refractivity contribution in [2.45, 2.75) is 31.9 Å². The number of aliphatic hydroxyl groups excluding tert-OH is 1. The molecule has 2 heterocycles. The Bertz CT molecular complexity index is 1360. The van der Waals surface area contributed by atoms with Gasteiger partial charge in [0.15, 0.2) is 0 Å². The quantitative estimate of drug-likeness (QED) is 0.200. The monoisotopic (exact) mass is 495 g/mol. The molecule has 2 unspecified atom stereocenters. The molecule has 0 radical (unpaired) electrons. The van der Waals surface area contributed by atoms with Crippen LogP contribution < -0.4 is 9.47 Å². The van der Waals surface area contributed by atoms with Crippen molar-refractivity contribution in [1.29, 1.82) is 0 Å². The fourth-order valence-corrected chi connectivity index (χ4v) is 4.98. The molecule has 0 aliphatic carbocycles. The summed E-state index contributed by atoms with van der Waals surface area (Å²) in [7, 11) is 0. The third-order valence-electron chi connectivity index (χ3n) is 6.76. The molecular formula is C31H29NO5. The predicted octanol–water partition coefficient (Wildman–Crippen LogP) is 5.24. The zero-order chi connectivity index (χ0) is 25.9. The van der Waals surface area contributed by atoms with Crippen molar-refractivity contribution in [3.05, 3.63) is 113 Å². The minimum Gasteiger partial charge on any atom is -0.507 e. The summed E-state index contributed by atoms with van der Waals surface area (Å²) in [6.45, 7) is 6.35. The highest BCUT2D eigenvalue weighted by Gasteiger charge is 2.46. The first kappa shape index (κ1) is 24.4. The molecule has 37 heavy (non-hydrogen) atoms. The third-order valence-corrected chi connectivity index (χ3v) is 6.76. The van der Waals surface area contributed by atoms with E-state index >= 15 is 0 Å². The van der Waals surface area contributed by atoms with E-state index in [-0.39, 0.29) is 17.4 Å². The molecule has 1 N–H and O–H groups in total. The molecule has 6 heteroatoms. The number of aliphatic hydroxyl groups is 1. The van der Waals surface area contributed by atoms with Gasteiger partial charge in [-0.1, -0.05) is 55.1 Å². The molecule has 5 rings (SSSR count). The Morgan fingerprint density at radius 2 is 1.86 bits per heavy atom. The molecule has 0 spiro atoms. The van der Waals surface area contributed by atoms with Crippen molar-refractivity contribution < 1.29 is 24.2 Å². The smallest absolute Gasteiger partial charge is 0.295 e. The number of ether oxygens (including phenoxy) is 2. The van der Waals surface area contributed by atoms with Gasteiger partial charge >= 0.3 is 0 Å². The van der Waals surface area contributed by atoms with Crippen LogP contribution in [-0.4, -0.2) is 41.0 Å². The van der Waals surface area contributed by atoms with Gasteiger partial charge in [0.05, 0.1) is 11.6 Å². The molecule has 3 aromatic rings. The van der Waals surface area contributed by atoms with Crippen molar-refractivity contribution in [3.63, 3.8) is 0 Å². The van der Waals surface area contributed by atoms with Gasteiger partial charge in [0, 0.05) is 18.5 Å². The van der Waals surface area contributed by atoms with Gasteiger partial charge in [-0.3, -0.25) is 9.59 Å². The van der Waals surface area contributed by atoms with Crippen molar-refractivity contribution in [3.8, 4) is 11.5 Å². The lowest BCUT2D eigenvalue weighted by Crippen LogP contribution is -2.31. The van der Waals surface area contributed by atoms with E-state index < -0.39 is 17.7 Å². The van der Waals surface area contributed by atoms with E-state index in [9.17, 15) is 14.7 Å². The minimum atomic E-state index is -0.722. The van der Waals surface area contributed by atoms with E-state index in [0.717, 1.165) is 28.9 Å². The van der Waals surface area contributed by atoms with E-state index in [1.165, 1.54) is 0 Å². The highest BCUT2D eigenvalue weighted by molar-refractivity contribution is 6.46. The SMILES string of the molecule is C=CCOc1ccc(C2/C(=C(\O)c3ccc4c(c3)CC(C)O4)C(=O)C(=O)N2CCc2ccccc2)cc1. The zero-order valence-electron chi connectivity index (χ0n) is 20.7. The van der Waals surface area contributed by atoms with Crippen molar-refractivity contribution in [2.24, 2.45) is 0 Å². The Kier molecular flexibility index (Phi) is 6.82. The molecule has 1 amide bonds. The summed E-state index contributed by atoms with van der Waals surface area (Å²) in [5, 5.41) is 11.4. The van der Waals surface area contributed by atoms with Gasteiger partial charge in [-0.15, -0.1) is 0 Å². The predicted molar refractivity (Wildman–Crippen MR) is 142 cm³/mol. The van der Waals surface area contributed by atoms with E-state index in [2.05, 4.69) is 6.58 Å². The number of rotatable bonds is 8. The highest BCUT2D eigenvalue weighted by atomic mass is 16.5. The molecule has 2 aliphatic rings. The topological polar surface area (TPSA) is 76.1 Å². The van der Waals surface area contributed by atoms with Gasteiger partial charge in [0.25, 0.3) is 11.7 Å². The number of ketones is 1. The summed E-state index contributed by atoms with van der Waals surface area (Å²) in [4.78, 5) is 28.2. The number of Topliss-reactive ketones (excluding diaryl/α,β-unsaturated/α-hetero) is 1. The third kappa shape index (κ3) is 4.87. The number of hydrogen-bond acceptors (Lipinski definition) is 5. The number of fused-ring (bicyclic) bond motifs is 1. The van der Waals surface area contributed by atoms with Gasteiger partial charge in [0.2, 0.25) is 0 Å². The molecule has 2 aliphatic heterocycles. The highest BCUT2D eigenvalue weighted by Crippen LogP contribution is 2.41. The van der Waals surface area contributed by atoms with Crippen LogP contribution in [0.4, 0.5) is 0 Å². The lowest BCUT2D eigenvalue weighted by molar-refractivity contribution is -0.139. The molecule has 0 bridgehead atoms. The average molecular weight is 496 g/mol. The number of amides is 1. The summed E-state index contributed by atoms with van der Waals surface area (Å²) in [6.07, 6.45) is 3.02. The normalized spacial score (nSPS) is 20.0. The molecular weight excluding hydrogens is 466 g/mol. The van der Waals surface area contributed by atoms with Crippen molar-refractivity contribution in [2.75, 3.05) is 13.2 Å². The molecule has 188 valence electrons. The summed E-state index contributed by atoms with van der Waals surface area (Å²) < 4.78 is 11.4. The Labute approximate surface area is 216 Å². The Hall–Kier alpha value is -4.32. The van der Waals surface area contributed by atoms with Crippen LogP contribution in [0.25, 0.3) is 5.76 Å². The van der Waals surface area contributed by atoms with Gasteiger partial charge in [-0.25, -0.2) is 0 Å². The Morgan fingerprint density at radius 3 is 2.59 bits per heavy atom. The van der Waals surface area contributed by atoms with Gasteiger partial charge in [-0.05, 0) is 60.4 Å². The fraction of sp³-hybridized carbons (Fsp3) is 0.226. The summed E-state index contributed by atoms with van der Waals surface area (Å²) in [5.74, 6) is -0.0585. The fourth-order valence-electron chi connectivity index (χ4n) is 4.98. The zero-order valence-corrected chi connectivity index (χ0v) is 20.7. The second-order valence-corrected chi connectivity index (χ2v) is 9.35. The van der Waals surface area contributed by atoms with Crippen LogP contribution in [0, 0.1) is 0 Å². The van der Waals surface area contributed by atoms with Crippen LogP contribution in [0.2, 0.25) is 0 Å². The first-order valence-corrected chi connectivity index (χ1v) is 12.4. The first-order chi connectivity index (χ1) is 18.0. The number of nitrogens with zero attached hydrogens (tertiary/aromatic N) is 1. The molecule has 1 fully saturated rings. The molecule has 0 aromatic heterocycles. The number of likely N-dealkylation sites (tertiary alicyclic amines) is 1. The van der Waals surface area contributed by atoms with Crippen LogP contribution >= 0.6 is 0 Å². The maximum absolute atomic E-state index is 13.4. The summed E-state index contributed by atoms with van der Waals surface area (Å²) in [6, 6.07) is 21.7. The van der Waals surface area contributed by atoms with E-state index in [4.69, 9.17) is 9.47 Å². The lowest BCUT2D eigenvalue weighted by atomic mass is 9.94. The summed E-state index contributed by atoms with van der Waals surface area (Å²) >= 11 is 0. The second kappa shape index (κ2) is 10.3. The minimum absolute atomic E-state index is 0.0535. The van der Waals surface area contributed by atoms with Crippen LogP contribution in [-0.2, 0) is 22.4 Å². The van der Waals surface area contributed by atoms with Crippen molar-refractivity contribution in [1.82, 2.24) is 4.90 Å². The number of hydrogen-bond donors (Lipinski definition) is 1. The van der Waals surface area contributed by atoms with Gasteiger partial charge in [-0.2, -0.15) is 0 Å². The maximum atomic E-state index is 13.4. The summed E-state index contributed by atoms with van der Waals surface area (Å²) in [5.41, 5.74) is 3.33. The van der Waals surface area contributed by atoms with Crippen molar-refractivity contribution >= 4 is 17.4 Å². The molecule has 2 atom stereocenters. The molecule has 1 saturated heterocycles. The van der Waals surface area contributed by atoms with Gasteiger partial charge in [0.1, 0.15) is 30.0 Å². The second-order valence-electron chi connectivity index (χ2n) is 9.35. The molecule has 0 saturated carbocycles.